The van der Waals surface area contributed by atoms with E-state index in [9.17, 15) is 27.6 Å². The standard InChI is InChI=1S/C22H20F3N5O4/c1-2-13(9-17(26)31)28-19(32)18-15-10-27-29-16(15)11-30(18)20(33)21(7-8-21)12-3-5-14(6-4-12)34-22(23,24)25/h1,3-6,10,13,18H,7-9,11H2,(H2,26,31)(H,27,29)(H,28,32)/t13-,18+/m1/s1. The normalized spacial score (nSPS) is 19.0. The van der Waals surface area contributed by atoms with Crippen LogP contribution >= 0.6 is 0 Å². The third kappa shape index (κ3) is 4.41. The second-order valence-electron chi connectivity index (χ2n) is 8.18. The van der Waals surface area contributed by atoms with Crippen LogP contribution in [0.25, 0.3) is 0 Å². The van der Waals surface area contributed by atoms with Crippen LogP contribution in [-0.2, 0) is 26.3 Å². The summed E-state index contributed by atoms with van der Waals surface area (Å²) in [5.74, 6) is 0.245. The second kappa shape index (κ2) is 8.40. The molecule has 3 amide bonds. The number of halogens is 3. The lowest BCUT2D eigenvalue weighted by Gasteiger charge is -2.29. The number of aromatic nitrogens is 2. The molecule has 1 saturated carbocycles. The van der Waals surface area contributed by atoms with Crippen molar-refractivity contribution in [3.8, 4) is 18.1 Å². The molecule has 1 aliphatic carbocycles. The maximum atomic E-state index is 13.6. The van der Waals surface area contributed by atoms with Gasteiger partial charge in [0, 0.05) is 11.8 Å². The molecule has 178 valence electrons. The number of aromatic amines is 1. The molecule has 9 nitrogen and oxygen atoms in total. The van der Waals surface area contributed by atoms with Gasteiger partial charge in [-0.2, -0.15) is 5.10 Å². The molecule has 4 rings (SSSR count). The Kier molecular flexibility index (Phi) is 5.72. The molecule has 0 radical (unpaired) electrons. The van der Waals surface area contributed by atoms with Crippen molar-refractivity contribution in [1.29, 1.82) is 0 Å². The summed E-state index contributed by atoms with van der Waals surface area (Å²) in [6.07, 6.45) is 2.74. The number of ether oxygens (including phenoxy) is 1. The molecule has 0 saturated heterocycles. The second-order valence-corrected chi connectivity index (χ2v) is 8.18. The minimum atomic E-state index is -4.82. The average Bonchev–Trinajstić information content (AvgIpc) is 3.30. The number of primary amides is 1. The van der Waals surface area contributed by atoms with Gasteiger partial charge in [-0.3, -0.25) is 19.5 Å². The van der Waals surface area contributed by atoms with Crippen LogP contribution in [0.1, 0.15) is 42.1 Å². The molecule has 2 aliphatic rings. The molecular formula is C22H20F3N5O4. The fourth-order valence-corrected chi connectivity index (χ4v) is 4.19. The number of benzene rings is 1. The molecule has 0 unspecified atom stereocenters. The van der Waals surface area contributed by atoms with Crippen LogP contribution in [0.3, 0.4) is 0 Å². The van der Waals surface area contributed by atoms with E-state index in [0.29, 0.717) is 29.7 Å². The molecule has 2 atom stereocenters. The monoisotopic (exact) mass is 475 g/mol. The first-order valence-electron chi connectivity index (χ1n) is 10.3. The molecule has 34 heavy (non-hydrogen) atoms. The van der Waals surface area contributed by atoms with E-state index in [4.69, 9.17) is 12.2 Å². The highest BCUT2D eigenvalue weighted by atomic mass is 19.4. The molecule has 0 bridgehead atoms. The lowest BCUT2D eigenvalue weighted by Crippen LogP contribution is -2.47. The van der Waals surface area contributed by atoms with Gasteiger partial charge in [0.05, 0.1) is 30.1 Å². The van der Waals surface area contributed by atoms with E-state index < -0.39 is 41.4 Å². The van der Waals surface area contributed by atoms with Crippen molar-refractivity contribution in [3.05, 3.63) is 47.3 Å². The van der Waals surface area contributed by atoms with Gasteiger partial charge in [0.25, 0.3) is 0 Å². The topological polar surface area (TPSA) is 130 Å². The largest absolute Gasteiger partial charge is 0.573 e. The number of hydrogen-bond acceptors (Lipinski definition) is 5. The number of nitrogens with one attached hydrogen (secondary N) is 2. The zero-order valence-corrected chi connectivity index (χ0v) is 17.7. The molecule has 1 fully saturated rings. The van der Waals surface area contributed by atoms with Crippen LogP contribution in [0.2, 0.25) is 0 Å². The summed E-state index contributed by atoms with van der Waals surface area (Å²) in [7, 11) is 0. The van der Waals surface area contributed by atoms with E-state index in [0.717, 1.165) is 12.1 Å². The van der Waals surface area contributed by atoms with Gasteiger partial charge < -0.3 is 20.7 Å². The Morgan fingerprint density at radius 2 is 2.00 bits per heavy atom. The summed E-state index contributed by atoms with van der Waals surface area (Å²) in [5.41, 5.74) is 5.72. The number of carbonyl (C=O) groups is 3. The zero-order valence-electron chi connectivity index (χ0n) is 17.7. The average molecular weight is 475 g/mol. The van der Waals surface area contributed by atoms with Gasteiger partial charge in [-0.25, -0.2) is 0 Å². The van der Waals surface area contributed by atoms with Gasteiger partial charge in [-0.05, 0) is 30.5 Å². The van der Waals surface area contributed by atoms with Gasteiger partial charge in [0.1, 0.15) is 11.8 Å². The first-order chi connectivity index (χ1) is 16.0. The molecule has 12 heteroatoms. The van der Waals surface area contributed by atoms with E-state index >= 15 is 0 Å². The molecule has 2 heterocycles. The minimum Gasteiger partial charge on any atom is -0.406 e. The highest BCUT2D eigenvalue weighted by Crippen LogP contribution is 2.52. The summed E-state index contributed by atoms with van der Waals surface area (Å²) in [4.78, 5) is 39.3. The lowest BCUT2D eigenvalue weighted by molar-refractivity contribution is -0.274. The first-order valence-corrected chi connectivity index (χ1v) is 10.3. The summed E-state index contributed by atoms with van der Waals surface area (Å²) in [6, 6.07) is 3.13. The third-order valence-corrected chi connectivity index (χ3v) is 5.91. The fourth-order valence-electron chi connectivity index (χ4n) is 4.19. The van der Waals surface area contributed by atoms with E-state index in [1.807, 2.05) is 0 Å². The number of alkyl halides is 3. The van der Waals surface area contributed by atoms with Gasteiger partial charge in [-0.1, -0.05) is 18.1 Å². The van der Waals surface area contributed by atoms with Gasteiger partial charge in [0.15, 0.2) is 0 Å². The number of nitrogens with zero attached hydrogens (tertiary/aromatic N) is 2. The Morgan fingerprint density at radius 3 is 2.56 bits per heavy atom. The molecule has 2 aromatic rings. The zero-order chi connectivity index (χ0) is 24.7. The van der Waals surface area contributed by atoms with E-state index in [2.05, 4.69) is 26.2 Å². The van der Waals surface area contributed by atoms with Crippen molar-refractivity contribution >= 4 is 17.7 Å². The number of hydrogen-bond donors (Lipinski definition) is 3. The number of fused-ring (bicyclic) bond motifs is 1. The van der Waals surface area contributed by atoms with Crippen molar-refractivity contribution in [2.45, 2.75) is 49.7 Å². The van der Waals surface area contributed by atoms with Crippen LogP contribution in [0, 0.1) is 12.3 Å². The van der Waals surface area contributed by atoms with Crippen molar-refractivity contribution < 1.29 is 32.3 Å². The maximum Gasteiger partial charge on any atom is 0.573 e. The molecule has 1 aromatic heterocycles. The Bertz CT molecular complexity index is 1160. The van der Waals surface area contributed by atoms with Crippen LogP contribution in [-0.4, -0.2) is 45.2 Å². The Hall–Kier alpha value is -4.01. The maximum absolute atomic E-state index is 13.6. The summed E-state index contributed by atoms with van der Waals surface area (Å²) in [6.45, 7) is 0.0588. The van der Waals surface area contributed by atoms with Gasteiger partial charge >= 0.3 is 6.36 Å². The SMILES string of the molecule is C#C[C@H](CC(N)=O)NC(=O)[C@@H]1c2c[nH]nc2CN1C(=O)C1(c2ccc(OC(F)(F)F)cc2)CC1. The quantitative estimate of drug-likeness (QED) is 0.522. The molecule has 1 aliphatic heterocycles. The summed E-state index contributed by atoms with van der Waals surface area (Å²) < 4.78 is 41.3. The predicted octanol–water partition coefficient (Wildman–Crippen LogP) is 1.42. The lowest BCUT2D eigenvalue weighted by atomic mass is 9.93. The number of H-pyrrole nitrogens is 1. The van der Waals surface area contributed by atoms with E-state index in [-0.39, 0.29) is 18.9 Å². The third-order valence-electron chi connectivity index (χ3n) is 5.91. The Morgan fingerprint density at radius 1 is 1.32 bits per heavy atom. The van der Waals surface area contributed by atoms with Gasteiger partial charge in [-0.15, -0.1) is 19.6 Å². The number of amides is 3. The summed E-state index contributed by atoms with van der Waals surface area (Å²) in [5, 5.41) is 9.32. The van der Waals surface area contributed by atoms with Crippen LogP contribution in [0.4, 0.5) is 13.2 Å². The van der Waals surface area contributed by atoms with Crippen molar-refractivity contribution in [2.24, 2.45) is 5.73 Å². The molecule has 0 spiro atoms. The number of rotatable bonds is 7. The molecular weight excluding hydrogens is 455 g/mol. The van der Waals surface area contributed by atoms with E-state index in [1.54, 1.807) is 0 Å². The van der Waals surface area contributed by atoms with Crippen LogP contribution in [0.15, 0.2) is 30.5 Å². The highest BCUT2D eigenvalue weighted by Gasteiger charge is 2.56. The van der Waals surface area contributed by atoms with Crippen molar-refractivity contribution in [2.75, 3.05) is 0 Å². The smallest absolute Gasteiger partial charge is 0.406 e. The molecule has 4 N–H and O–H groups in total. The first kappa shape index (κ1) is 23.2. The Balaban J connectivity index is 1.57. The van der Waals surface area contributed by atoms with Crippen LogP contribution < -0.4 is 15.8 Å². The summed E-state index contributed by atoms with van der Waals surface area (Å²) >= 11 is 0. The minimum absolute atomic E-state index is 0.0588. The predicted molar refractivity (Wildman–Crippen MR) is 110 cm³/mol. The highest BCUT2D eigenvalue weighted by molar-refractivity contribution is 5.97. The number of terminal acetylenes is 1. The Labute approximate surface area is 191 Å². The number of nitrogens with two attached hydrogens (primary N) is 1. The van der Waals surface area contributed by atoms with Crippen molar-refractivity contribution in [3.63, 3.8) is 0 Å². The van der Waals surface area contributed by atoms with Crippen LogP contribution in [0.5, 0.6) is 5.75 Å². The van der Waals surface area contributed by atoms with Crippen molar-refractivity contribution in [1.82, 2.24) is 20.4 Å². The molecule has 1 aromatic carbocycles. The van der Waals surface area contributed by atoms with Gasteiger partial charge in [0.2, 0.25) is 17.7 Å². The number of carbonyl (C=O) groups excluding carboxylic acids is 3. The van der Waals surface area contributed by atoms with E-state index in [1.165, 1.54) is 23.2 Å². The fraction of sp³-hybridized carbons (Fsp3) is 0.364.